The lowest BCUT2D eigenvalue weighted by atomic mass is 10.0. The lowest BCUT2D eigenvalue weighted by Gasteiger charge is -2.11. The van der Waals surface area contributed by atoms with E-state index in [2.05, 4.69) is 179 Å². The van der Waals surface area contributed by atoms with Crippen molar-refractivity contribution in [1.82, 2.24) is 9.13 Å². The molecule has 9 aromatic rings. The molecule has 0 fully saturated rings. The van der Waals surface area contributed by atoms with Crippen LogP contribution in [0, 0.1) is 0 Å². The summed E-state index contributed by atoms with van der Waals surface area (Å²) in [7, 11) is 0. The van der Waals surface area contributed by atoms with Crippen molar-refractivity contribution < 1.29 is 0 Å². The average molecular weight is 561 g/mol. The summed E-state index contributed by atoms with van der Waals surface area (Å²) in [5.41, 5.74) is 12.0. The second-order valence-electron chi connectivity index (χ2n) is 11.4. The predicted octanol–water partition coefficient (Wildman–Crippen LogP) is 11.2. The number of nitrogens with zero attached hydrogens (tertiary/aromatic N) is 2. The predicted molar refractivity (Wildman–Crippen MR) is 186 cm³/mol. The molecular weight excluding hydrogens is 532 g/mol. The second kappa shape index (κ2) is 9.86. The fraction of sp³-hybridized carbons (Fsp3) is 0. The van der Waals surface area contributed by atoms with Gasteiger partial charge in [-0.1, -0.05) is 127 Å². The van der Waals surface area contributed by atoms with Gasteiger partial charge in [0.15, 0.2) is 0 Å². The Hall–Kier alpha value is -5.86. The van der Waals surface area contributed by atoms with Gasteiger partial charge in [0.1, 0.15) is 0 Å². The summed E-state index contributed by atoms with van der Waals surface area (Å²) in [6.45, 7) is 0. The Kier molecular flexibility index (Phi) is 5.54. The third-order valence-electron chi connectivity index (χ3n) is 8.92. The van der Waals surface area contributed by atoms with Gasteiger partial charge in [0, 0.05) is 32.9 Å². The lowest BCUT2D eigenvalue weighted by molar-refractivity contribution is 1.17. The van der Waals surface area contributed by atoms with Crippen molar-refractivity contribution in [1.29, 1.82) is 0 Å². The first kappa shape index (κ1) is 24.7. The van der Waals surface area contributed by atoms with Gasteiger partial charge in [-0.15, -0.1) is 0 Å². The van der Waals surface area contributed by atoms with Gasteiger partial charge in [0.05, 0.1) is 22.1 Å². The van der Waals surface area contributed by atoms with Gasteiger partial charge in [-0.25, -0.2) is 0 Å². The fourth-order valence-electron chi connectivity index (χ4n) is 6.92. The minimum absolute atomic E-state index is 1.15. The van der Waals surface area contributed by atoms with Crippen molar-refractivity contribution in [3.8, 4) is 33.6 Å². The molecule has 0 aliphatic heterocycles. The zero-order valence-electron chi connectivity index (χ0n) is 24.1. The number of benzene rings is 7. The van der Waals surface area contributed by atoms with Gasteiger partial charge in [-0.3, -0.25) is 0 Å². The van der Waals surface area contributed by atoms with E-state index in [1.165, 1.54) is 71.6 Å². The van der Waals surface area contributed by atoms with E-state index in [-0.39, 0.29) is 0 Å². The minimum atomic E-state index is 1.15. The van der Waals surface area contributed by atoms with E-state index < -0.39 is 0 Å². The molecule has 0 bridgehead atoms. The van der Waals surface area contributed by atoms with Crippen LogP contribution in [-0.2, 0) is 0 Å². The Morgan fingerprint density at radius 2 is 0.841 bits per heavy atom. The van der Waals surface area contributed by atoms with Crippen molar-refractivity contribution in [2.24, 2.45) is 0 Å². The number of hydrogen-bond acceptors (Lipinski definition) is 0. The number of aromatic nitrogens is 2. The van der Waals surface area contributed by atoms with Crippen LogP contribution < -0.4 is 0 Å². The van der Waals surface area contributed by atoms with Crippen LogP contribution in [-0.4, -0.2) is 9.13 Å². The second-order valence-corrected chi connectivity index (χ2v) is 11.4. The van der Waals surface area contributed by atoms with Gasteiger partial charge in [-0.05, 0) is 64.7 Å². The van der Waals surface area contributed by atoms with Crippen LogP contribution in [0.3, 0.4) is 0 Å². The molecule has 7 aromatic carbocycles. The highest BCUT2D eigenvalue weighted by Gasteiger charge is 2.21. The molecule has 0 aliphatic carbocycles. The van der Waals surface area contributed by atoms with Crippen LogP contribution in [0.2, 0.25) is 0 Å². The molecule has 206 valence electrons. The third kappa shape index (κ3) is 3.75. The molecule has 9 rings (SSSR count). The Labute approximate surface area is 255 Å². The summed E-state index contributed by atoms with van der Waals surface area (Å²) in [6, 6.07) is 61.4. The van der Waals surface area contributed by atoms with Crippen molar-refractivity contribution in [2.75, 3.05) is 0 Å². The normalized spacial score (nSPS) is 11.6. The Balaban J connectivity index is 1.41. The van der Waals surface area contributed by atoms with Crippen LogP contribution in [0.4, 0.5) is 0 Å². The molecule has 2 heteroatoms. The number of rotatable bonds is 4. The van der Waals surface area contributed by atoms with Crippen LogP contribution in [0.1, 0.15) is 0 Å². The summed E-state index contributed by atoms with van der Waals surface area (Å²) in [5.74, 6) is 0. The quantitative estimate of drug-likeness (QED) is 0.203. The van der Waals surface area contributed by atoms with Gasteiger partial charge in [0.25, 0.3) is 0 Å². The van der Waals surface area contributed by atoms with E-state index in [1.807, 2.05) is 0 Å². The number of fused-ring (bicyclic) bond motifs is 7. The molecule has 0 saturated heterocycles. The maximum atomic E-state index is 2.44. The summed E-state index contributed by atoms with van der Waals surface area (Å²) in [5, 5.41) is 5.05. The van der Waals surface area contributed by atoms with Crippen molar-refractivity contribution in [3.63, 3.8) is 0 Å². The van der Waals surface area contributed by atoms with Gasteiger partial charge in [0.2, 0.25) is 0 Å². The van der Waals surface area contributed by atoms with Gasteiger partial charge >= 0.3 is 0 Å². The van der Waals surface area contributed by atoms with Crippen LogP contribution in [0.25, 0.3) is 77.2 Å². The molecule has 0 N–H and O–H groups in total. The summed E-state index contributed by atoms with van der Waals surface area (Å²) < 4.78 is 4.89. The maximum Gasteiger partial charge on any atom is 0.0641 e. The molecule has 2 aromatic heterocycles. The molecule has 44 heavy (non-hydrogen) atoms. The molecule has 0 atom stereocenters. The molecule has 0 aliphatic rings. The zero-order valence-corrected chi connectivity index (χ0v) is 24.1. The van der Waals surface area contributed by atoms with Gasteiger partial charge < -0.3 is 9.13 Å². The Morgan fingerprint density at radius 3 is 1.57 bits per heavy atom. The average Bonchev–Trinajstić information content (AvgIpc) is 3.62. The summed E-state index contributed by atoms with van der Waals surface area (Å²) in [6.07, 6.45) is 0. The first-order chi connectivity index (χ1) is 21.8. The molecule has 2 nitrogen and oxygen atoms in total. The molecule has 0 unspecified atom stereocenters. The van der Waals surface area contributed by atoms with E-state index in [0.717, 1.165) is 5.69 Å². The van der Waals surface area contributed by atoms with Crippen LogP contribution >= 0.6 is 0 Å². The minimum Gasteiger partial charge on any atom is -0.309 e. The van der Waals surface area contributed by atoms with E-state index in [0.29, 0.717) is 0 Å². The van der Waals surface area contributed by atoms with Crippen molar-refractivity contribution in [3.05, 3.63) is 170 Å². The first-order valence-corrected chi connectivity index (χ1v) is 15.1. The van der Waals surface area contributed by atoms with Crippen LogP contribution in [0.15, 0.2) is 170 Å². The van der Waals surface area contributed by atoms with E-state index >= 15 is 0 Å². The highest BCUT2D eigenvalue weighted by atomic mass is 15.0. The van der Waals surface area contributed by atoms with E-state index in [4.69, 9.17) is 0 Å². The van der Waals surface area contributed by atoms with E-state index in [1.54, 1.807) is 0 Å². The monoisotopic (exact) mass is 560 g/mol. The Morgan fingerprint density at radius 1 is 0.295 bits per heavy atom. The molecule has 0 saturated carbocycles. The molecule has 0 amide bonds. The molecule has 0 spiro atoms. The third-order valence-corrected chi connectivity index (χ3v) is 8.92. The molecule has 2 heterocycles. The molecule has 0 radical (unpaired) electrons. The Bertz CT molecular complexity index is 2450. The number of hydrogen-bond donors (Lipinski definition) is 0. The largest absolute Gasteiger partial charge is 0.309 e. The summed E-state index contributed by atoms with van der Waals surface area (Å²) in [4.78, 5) is 0. The van der Waals surface area contributed by atoms with Gasteiger partial charge in [-0.2, -0.15) is 0 Å². The SMILES string of the molecule is c1ccc(-c2ccc(-n3c4cc(-c5ccccc5)ccc4c4c3ccc3c5ccccc5n(-c5ccccc5)c34)cc2)cc1. The molecular formula is C42H28N2. The smallest absolute Gasteiger partial charge is 0.0641 e. The maximum absolute atomic E-state index is 2.44. The first-order valence-electron chi connectivity index (χ1n) is 15.1. The standard InChI is InChI=1S/C42H28N2/c1-4-12-29(13-5-1)31-20-23-34(24-21-31)43-39-27-26-36-35-18-10-11-19-38(35)44(33-16-8-3-9-17-33)42(36)41(39)37-25-22-32(28-40(37)43)30-14-6-2-7-15-30/h1-28H. The highest BCUT2D eigenvalue weighted by molar-refractivity contribution is 6.26. The van der Waals surface area contributed by atoms with Crippen LogP contribution in [0.5, 0.6) is 0 Å². The lowest BCUT2D eigenvalue weighted by Crippen LogP contribution is -1.95. The van der Waals surface area contributed by atoms with Crippen molar-refractivity contribution >= 4 is 43.6 Å². The zero-order chi connectivity index (χ0) is 29.0. The summed E-state index contributed by atoms with van der Waals surface area (Å²) >= 11 is 0. The van der Waals surface area contributed by atoms with Crippen molar-refractivity contribution in [2.45, 2.75) is 0 Å². The number of para-hydroxylation sites is 2. The highest BCUT2D eigenvalue weighted by Crippen LogP contribution is 2.43. The van der Waals surface area contributed by atoms with E-state index in [9.17, 15) is 0 Å². The fourth-order valence-corrected chi connectivity index (χ4v) is 6.92. The topological polar surface area (TPSA) is 9.86 Å².